The molecule has 0 saturated carbocycles. The largest absolute Gasteiger partial charge is 0.481 e. The second-order valence-electron chi connectivity index (χ2n) is 5.39. The third-order valence-electron chi connectivity index (χ3n) is 3.79. The van der Waals surface area contributed by atoms with Crippen LogP contribution < -0.4 is 5.32 Å². The Hall–Kier alpha value is -2.03. The van der Waals surface area contributed by atoms with Gasteiger partial charge in [0.2, 0.25) is 0 Å². The minimum atomic E-state index is -4.72. The van der Waals surface area contributed by atoms with E-state index < -0.39 is 48.9 Å². The Labute approximate surface area is 139 Å². The summed E-state index contributed by atoms with van der Waals surface area (Å²) < 4.78 is 52.2. The number of halogens is 5. The number of carbonyl (C=O) groups excluding carboxylic acids is 1. The van der Waals surface area contributed by atoms with Crippen molar-refractivity contribution in [1.29, 1.82) is 0 Å². The summed E-state index contributed by atoms with van der Waals surface area (Å²) in [5.41, 5.74) is 0.106. The van der Waals surface area contributed by atoms with Crippen molar-refractivity contribution in [3.8, 4) is 0 Å². The van der Waals surface area contributed by atoms with Crippen molar-refractivity contribution in [2.45, 2.75) is 12.7 Å². The van der Waals surface area contributed by atoms with E-state index in [-0.39, 0.29) is 17.1 Å². The third-order valence-corrected chi connectivity index (χ3v) is 4.02. The summed E-state index contributed by atoms with van der Waals surface area (Å²) in [6, 6.07) is 2.89. The number of rotatable bonds is 3. The predicted octanol–water partition coefficient (Wildman–Crippen LogP) is 2.88. The van der Waals surface area contributed by atoms with Gasteiger partial charge in [-0.1, -0.05) is 17.7 Å². The minimum absolute atomic E-state index is 0.106. The lowest BCUT2D eigenvalue weighted by Gasteiger charge is -2.18. The number of nitrogens with one attached hydrogen (secondary N) is 1. The smallest absolute Gasteiger partial charge is 0.394 e. The Morgan fingerprint density at radius 2 is 2.00 bits per heavy atom. The highest BCUT2D eigenvalue weighted by Crippen LogP contribution is 2.37. The number of aliphatic carboxylic acids is 1. The van der Waals surface area contributed by atoms with Gasteiger partial charge in [-0.2, -0.15) is 13.2 Å². The Kier molecular flexibility index (Phi) is 5.22. The normalized spacial score (nSPS) is 21.0. The van der Waals surface area contributed by atoms with Crippen LogP contribution in [0.3, 0.4) is 0 Å². The number of hydrogen-bond acceptors (Lipinski definition) is 2. The fraction of sp³-hybridized carbons (Fsp3) is 0.429. The lowest BCUT2D eigenvalue weighted by Crippen LogP contribution is -2.39. The number of amides is 2. The zero-order chi connectivity index (χ0) is 18.1. The van der Waals surface area contributed by atoms with Crippen LogP contribution in [0.4, 0.5) is 22.4 Å². The van der Waals surface area contributed by atoms with E-state index >= 15 is 0 Å². The van der Waals surface area contributed by atoms with E-state index in [0.717, 1.165) is 11.0 Å². The molecule has 24 heavy (non-hydrogen) atoms. The van der Waals surface area contributed by atoms with Crippen molar-refractivity contribution in [3.63, 3.8) is 0 Å². The molecule has 2 amide bonds. The highest BCUT2D eigenvalue weighted by Gasteiger charge is 2.53. The Morgan fingerprint density at radius 3 is 2.50 bits per heavy atom. The van der Waals surface area contributed by atoms with Gasteiger partial charge in [-0.15, -0.1) is 0 Å². The van der Waals surface area contributed by atoms with Crippen molar-refractivity contribution in [2.24, 2.45) is 11.8 Å². The molecule has 0 spiro atoms. The molecule has 1 heterocycles. The molecule has 1 aliphatic rings. The molecule has 2 rings (SSSR count). The number of hydrogen-bond donors (Lipinski definition) is 2. The lowest BCUT2D eigenvalue weighted by molar-refractivity contribution is -0.187. The topological polar surface area (TPSA) is 69.6 Å². The van der Waals surface area contributed by atoms with Crippen LogP contribution in [0.15, 0.2) is 18.2 Å². The van der Waals surface area contributed by atoms with Crippen molar-refractivity contribution in [3.05, 3.63) is 34.6 Å². The monoisotopic (exact) mass is 368 g/mol. The first-order valence-electron chi connectivity index (χ1n) is 6.86. The predicted molar refractivity (Wildman–Crippen MR) is 75.9 cm³/mol. The van der Waals surface area contributed by atoms with E-state index in [1.807, 2.05) is 0 Å². The van der Waals surface area contributed by atoms with Crippen LogP contribution in [0, 0.1) is 17.7 Å². The summed E-state index contributed by atoms with van der Waals surface area (Å²) in [6.07, 6.45) is -4.72. The van der Waals surface area contributed by atoms with E-state index in [1.54, 1.807) is 0 Å². The van der Waals surface area contributed by atoms with Gasteiger partial charge in [0.25, 0.3) is 0 Å². The fourth-order valence-corrected chi connectivity index (χ4v) is 2.66. The molecule has 1 saturated heterocycles. The number of carboxylic acids is 1. The van der Waals surface area contributed by atoms with Crippen molar-refractivity contribution in [2.75, 3.05) is 13.1 Å². The van der Waals surface area contributed by atoms with Gasteiger partial charge in [-0.3, -0.25) is 4.79 Å². The van der Waals surface area contributed by atoms with Crippen LogP contribution in [0.5, 0.6) is 0 Å². The second kappa shape index (κ2) is 6.84. The maximum Gasteiger partial charge on any atom is 0.394 e. The van der Waals surface area contributed by atoms with Crippen molar-refractivity contribution >= 4 is 23.6 Å². The summed E-state index contributed by atoms with van der Waals surface area (Å²) in [6.45, 7) is -1.57. The first-order chi connectivity index (χ1) is 11.1. The number of alkyl halides is 3. The molecule has 1 aromatic rings. The molecule has 132 valence electrons. The molecule has 10 heteroatoms. The number of likely N-dealkylation sites (tertiary alicyclic amines) is 1. The number of benzene rings is 1. The molecule has 0 radical (unpaired) electrons. The lowest BCUT2D eigenvalue weighted by atomic mass is 9.96. The molecule has 1 aliphatic heterocycles. The standard InChI is InChI=1S/C14H13ClF4N2O3/c15-8-2-1-7(11(16)3-8)4-20-13(24)21-5-9(12(22)23)10(6-21)14(17,18)19/h1-3,9-10H,4-6H2,(H,20,24)(H,22,23)/t9-,10-/m1/s1. The molecule has 0 bridgehead atoms. The molecule has 2 N–H and O–H groups in total. The molecule has 1 fully saturated rings. The van der Waals surface area contributed by atoms with Gasteiger partial charge in [-0.25, -0.2) is 9.18 Å². The maximum atomic E-state index is 13.6. The molecule has 5 nitrogen and oxygen atoms in total. The van der Waals surface area contributed by atoms with Crippen LogP contribution in [-0.4, -0.2) is 41.3 Å². The number of carboxylic acid groups (broad SMARTS) is 1. The molecular formula is C14H13ClF4N2O3. The van der Waals surface area contributed by atoms with Crippen LogP contribution >= 0.6 is 11.6 Å². The summed E-state index contributed by atoms with van der Waals surface area (Å²) in [4.78, 5) is 23.7. The summed E-state index contributed by atoms with van der Waals surface area (Å²) in [5.74, 6) is -6.13. The average molecular weight is 369 g/mol. The van der Waals surface area contributed by atoms with Crippen molar-refractivity contribution < 1.29 is 32.3 Å². The van der Waals surface area contributed by atoms with Gasteiger partial charge >= 0.3 is 18.2 Å². The van der Waals surface area contributed by atoms with E-state index in [2.05, 4.69) is 5.32 Å². The number of carbonyl (C=O) groups is 2. The summed E-state index contributed by atoms with van der Waals surface area (Å²) in [5, 5.41) is 11.3. The maximum absolute atomic E-state index is 13.6. The van der Waals surface area contributed by atoms with Gasteiger partial charge in [0.15, 0.2) is 0 Å². The first-order valence-corrected chi connectivity index (χ1v) is 7.23. The van der Waals surface area contributed by atoms with E-state index in [1.165, 1.54) is 12.1 Å². The van der Waals surface area contributed by atoms with Crippen LogP contribution in [0.2, 0.25) is 5.02 Å². The molecular weight excluding hydrogens is 356 g/mol. The number of urea groups is 1. The van der Waals surface area contributed by atoms with Crippen molar-refractivity contribution in [1.82, 2.24) is 10.2 Å². The van der Waals surface area contributed by atoms with E-state index in [9.17, 15) is 27.2 Å². The highest BCUT2D eigenvalue weighted by molar-refractivity contribution is 6.30. The quantitative estimate of drug-likeness (QED) is 0.806. The first kappa shape index (κ1) is 18.3. The van der Waals surface area contributed by atoms with Gasteiger partial charge in [0, 0.05) is 30.2 Å². The van der Waals surface area contributed by atoms with Crippen LogP contribution in [0.25, 0.3) is 0 Å². The third kappa shape index (κ3) is 4.08. The SMILES string of the molecule is O=C(O)[C@@H]1CN(C(=O)NCc2ccc(Cl)cc2F)C[C@H]1C(F)(F)F. The van der Waals surface area contributed by atoms with Crippen LogP contribution in [-0.2, 0) is 11.3 Å². The summed E-state index contributed by atoms with van der Waals surface area (Å²) in [7, 11) is 0. The zero-order valence-electron chi connectivity index (χ0n) is 12.1. The van der Waals surface area contributed by atoms with Gasteiger partial charge in [0.05, 0.1) is 11.8 Å². The Bertz CT molecular complexity index is 653. The molecule has 0 aromatic heterocycles. The zero-order valence-corrected chi connectivity index (χ0v) is 12.9. The Balaban J connectivity index is 2.01. The van der Waals surface area contributed by atoms with Gasteiger partial charge < -0.3 is 15.3 Å². The van der Waals surface area contributed by atoms with E-state index in [4.69, 9.17) is 16.7 Å². The van der Waals surface area contributed by atoms with E-state index in [0.29, 0.717) is 0 Å². The number of nitrogens with zero attached hydrogens (tertiary/aromatic N) is 1. The molecule has 0 aliphatic carbocycles. The molecule has 1 aromatic carbocycles. The van der Waals surface area contributed by atoms with Crippen LogP contribution in [0.1, 0.15) is 5.56 Å². The fourth-order valence-electron chi connectivity index (χ4n) is 2.50. The van der Waals surface area contributed by atoms with Gasteiger partial charge in [-0.05, 0) is 12.1 Å². The second-order valence-corrected chi connectivity index (χ2v) is 5.83. The molecule has 2 atom stereocenters. The summed E-state index contributed by atoms with van der Waals surface area (Å²) >= 11 is 5.59. The highest BCUT2D eigenvalue weighted by atomic mass is 35.5. The van der Waals surface area contributed by atoms with Gasteiger partial charge in [0.1, 0.15) is 5.82 Å². The Morgan fingerprint density at radius 1 is 1.33 bits per heavy atom. The average Bonchev–Trinajstić information content (AvgIpc) is 2.91. The molecule has 0 unspecified atom stereocenters. The minimum Gasteiger partial charge on any atom is -0.481 e.